The van der Waals surface area contributed by atoms with Gasteiger partial charge >= 0.3 is 5.69 Å². The first kappa shape index (κ1) is 15.7. The van der Waals surface area contributed by atoms with Gasteiger partial charge in [-0.25, -0.2) is 0 Å². The van der Waals surface area contributed by atoms with Crippen LogP contribution in [0, 0.1) is 24.0 Å². The van der Waals surface area contributed by atoms with Gasteiger partial charge in [-0.1, -0.05) is 18.2 Å². The lowest BCUT2D eigenvalue weighted by Gasteiger charge is -2.21. The molecule has 0 unspecified atom stereocenters. The van der Waals surface area contributed by atoms with E-state index in [0.717, 1.165) is 5.69 Å². The number of likely N-dealkylation sites (N-methyl/N-ethyl adjacent to an activating group) is 1. The maximum Gasteiger partial charge on any atom is 0.312 e. The lowest BCUT2D eigenvalue weighted by molar-refractivity contribution is -0.386. The molecule has 0 fully saturated rings. The first-order chi connectivity index (χ1) is 10.5. The molecule has 0 atom stereocenters. The highest BCUT2D eigenvalue weighted by molar-refractivity contribution is 5.93. The van der Waals surface area contributed by atoms with Crippen molar-refractivity contribution in [2.45, 2.75) is 27.3 Å². The molecule has 22 heavy (non-hydrogen) atoms. The predicted octanol–water partition coefficient (Wildman–Crippen LogP) is 2.46. The van der Waals surface area contributed by atoms with Crippen molar-refractivity contribution in [1.82, 2.24) is 9.78 Å². The first-order valence-electron chi connectivity index (χ1n) is 6.99. The van der Waals surface area contributed by atoms with Crippen LogP contribution in [0.1, 0.15) is 18.3 Å². The Hall–Kier alpha value is -2.70. The number of carbonyl (C=O) groups excluding carboxylic acids is 1. The Morgan fingerprint density at radius 3 is 2.45 bits per heavy atom. The average molecular weight is 302 g/mol. The molecule has 0 spiro atoms. The summed E-state index contributed by atoms with van der Waals surface area (Å²) in [6.07, 6.45) is 0. The van der Waals surface area contributed by atoms with E-state index in [1.54, 1.807) is 18.7 Å². The van der Waals surface area contributed by atoms with Crippen LogP contribution >= 0.6 is 0 Å². The largest absolute Gasteiger partial charge is 0.312 e. The van der Waals surface area contributed by atoms with Crippen molar-refractivity contribution < 1.29 is 9.72 Å². The smallest absolute Gasteiger partial charge is 0.311 e. The molecule has 7 nitrogen and oxygen atoms in total. The molecule has 0 N–H and O–H groups in total. The van der Waals surface area contributed by atoms with Crippen molar-refractivity contribution >= 4 is 17.3 Å². The van der Waals surface area contributed by atoms with Crippen LogP contribution in [-0.4, -0.2) is 27.2 Å². The van der Waals surface area contributed by atoms with E-state index < -0.39 is 4.92 Å². The van der Waals surface area contributed by atoms with Crippen molar-refractivity contribution in [1.29, 1.82) is 0 Å². The van der Waals surface area contributed by atoms with Gasteiger partial charge in [0.15, 0.2) is 0 Å². The number of aryl methyl sites for hydroxylation is 1. The molecule has 1 aromatic heterocycles. The molecule has 0 aliphatic rings. The summed E-state index contributed by atoms with van der Waals surface area (Å²) in [6.45, 7) is 5.55. The van der Waals surface area contributed by atoms with Gasteiger partial charge in [-0.05, 0) is 32.9 Å². The number of aromatic nitrogens is 2. The number of nitro groups is 1. The Morgan fingerprint density at radius 2 is 1.95 bits per heavy atom. The molecular weight excluding hydrogens is 284 g/mol. The summed E-state index contributed by atoms with van der Waals surface area (Å²) in [7, 11) is 0. The van der Waals surface area contributed by atoms with E-state index in [-0.39, 0.29) is 18.1 Å². The van der Waals surface area contributed by atoms with Crippen LogP contribution in [0.4, 0.5) is 11.4 Å². The second-order valence-electron chi connectivity index (χ2n) is 4.91. The monoisotopic (exact) mass is 302 g/mol. The van der Waals surface area contributed by atoms with Crippen LogP contribution in [0.5, 0.6) is 0 Å². The highest BCUT2D eigenvalue weighted by Gasteiger charge is 2.24. The van der Waals surface area contributed by atoms with Gasteiger partial charge in [0.05, 0.1) is 4.92 Å². The molecule has 1 amide bonds. The molecule has 1 aromatic carbocycles. The molecule has 116 valence electrons. The van der Waals surface area contributed by atoms with Crippen LogP contribution in [0.15, 0.2) is 30.3 Å². The fraction of sp³-hybridized carbons (Fsp3) is 0.333. The third-order valence-electron chi connectivity index (χ3n) is 3.50. The number of carbonyl (C=O) groups is 1. The van der Waals surface area contributed by atoms with Crippen LogP contribution in [-0.2, 0) is 11.3 Å². The van der Waals surface area contributed by atoms with Crippen LogP contribution in [0.3, 0.4) is 0 Å². The molecule has 1 heterocycles. The SMILES string of the molecule is CCN(C(=O)Cn1nc(C)c([N+](=O)[O-])c1C)c1ccccc1. The second-order valence-corrected chi connectivity index (χ2v) is 4.91. The van der Waals surface area contributed by atoms with Crippen molar-refractivity contribution in [2.75, 3.05) is 11.4 Å². The number of nitrogens with zero attached hydrogens (tertiary/aromatic N) is 4. The number of anilines is 1. The third kappa shape index (κ3) is 2.98. The van der Waals surface area contributed by atoms with Gasteiger partial charge in [0.1, 0.15) is 17.9 Å². The van der Waals surface area contributed by atoms with E-state index in [1.165, 1.54) is 4.68 Å². The first-order valence-corrected chi connectivity index (χ1v) is 6.99. The number of para-hydroxylation sites is 1. The maximum absolute atomic E-state index is 12.5. The normalized spacial score (nSPS) is 10.5. The minimum atomic E-state index is -0.465. The lowest BCUT2D eigenvalue weighted by Crippen LogP contribution is -2.34. The summed E-state index contributed by atoms with van der Waals surface area (Å²) in [5.41, 5.74) is 1.47. The molecule has 0 saturated carbocycles. The Labute approximate surface area is 128 Å². The number of rotatable bonds is 5. The molecule has 0 saturated heterocycles. The molecule has 2 aromatic rings. The second kappa shape index (κ2) is 6.38. The third-order valence-corrected chi connectivity index (χ3v) is 3.50. The van der Waals surface area contributed by atoms with Gasteiger partial charge in [0.25, 0.3) is 0 Å². The van der Waals surface area contributed by atoms with Gasteiger partial charge in [-0.3, -0.25) is 19.6 Å². The van der Waals surface area contributed by atoms with E-state index in [0.29, 0.717) is 17.9 Å². The van der Waals surface area contributed by atoms with Crippen LogP contribution < -0.4 is 4.90 Å². The van der Waals surface area contributed by atoms with Gasteiger partial charge in [-0.15, -0.1) is 0 Å². The molecule has 0 bridgehead atoms. The topological polar surface area (TPSA) is 81.3 Å². The predicted molar refractivity (Wildman–Crippen MR) is 82.8 cm³/mol. The Bertz CT molecular complexity index is 694. The average Bonchev–Trinajstić information content (AvgIpc) is 2.75. The van der Waals surface area contributed by atoms with Crippen LogP contribution in [0.25, 0.3) is 0 Å². The Kier molecular flexibility index (Phi) is 4.55. The van der Waals surface area contributed by atoms with Gasteiger partial charge in [0.2, 0.25) is 5.91 Å². The summed E-state index contributed by atoms with van der Waals surface area (Å²) in [5, 5.41) is 15.1. The van der Waals surface area contributed by atoms with Crippen molar-refractivity contribution in [2.24, 2.45) is 0 Å². The van der Waals surface area contributed by atoms with Gasteiger partial charge in [0, 0.05) is 12.2 Å². The fourth-order valence-electron chi connectivity index (χ4n) is 2.43. The minimum Gasteiger partial charge on any atom is -0.311 e. The Balaban J connectivity index is 2.25. The summed E-state index contributed by atoms with van der Waals surface area (Å²) in [5.74, 6) is -0.158. The van der Waals surface area contributed by atoms with E-state index in [2.05, 4.69) is 5.10 Å². The number of benzene rings is 1. The van der Waals surface area contributed by atoms with E-state index in [1.807, 2.05) is 37.3 Å². The standard InChI is InChI=1S/C15H18N4O3/c1-4-17(13-8-6-5-7-9-13)14(20)10-18-12(3)15(19(21)22)11(2)16-18/h5-9H,4,10H2,1-3H3. The van der Waals surface area contributed by atoms with E-state index in [4.69, 9.17) is 0 Å². The quantitative estimate of drug-likeness (QED) is 0.627. The molecule has 7 heteroatoms. The number of hydrogen-bond acceptors (Lipinski definition) is 4. The molecule has 2 rings (SSSR count). The summed E-state index contributed by atoms with van der Waals surface area (Å²) < 4.78 is 1.39. The van der Waals surface area contributed by atoms with Gasteiger partial charge < -0.3 is 4.90 Å². The zero-order valence-corrected chi connectivity index (χ0v) is 12.8. The maximum atomic E-state index is 12.5. The molecular formula is C15H18N4O3. The molecule has 0 radical (unpaired) electrons. The molecule has 0 aliphatic carbocycles. The van der Waals surface area contributed by atoms with Crippen LogP contribution in [0.2, 0.25) is 0 Å². The van der Waals surface area contributed by atoms with Gasteiger partial charge in [-0.2, -0.15) is 5.10 Å². The highest BCUT2D eigenvalue weighted by Crippen LogP contribution is 2.22. The fourth-order valence-corrected chi connectivity index (χ4v) is 2.43. The minimum absolute atomic E-state index is 0.0246. The van der Waals surface area contributed by atoms with E-state index in [9.17, 15) is 14.9 Å². The van der Waals surface area contributed by atoms with E-state index >= 15 is 0 Å². The molecule has 0 aliphatic heterocycles. The zero-order chi connectivity index (χ0) is 16.3. The summed E-state index contributed by atoms with van der Waals surface area (Å²) in [4.78, 5) is 24.7. The Morgan fingerprint density at radius 1 is 1.32 bits per heavy atom. The summed E-state index contributed by atoms with van der Waals surface area (Å²) in [6, 6.07) is 9.31. The summed E-state index contributed by atoms with van der Waals surface area (Å²) >= 11 is 0. The van der Waals surface area contributed by atoms with Crippen molar-refractivity contribution in [3.63, 3.8) is 0 Å². The highest BCUT2D eigenvalue weighted by atomic mass is 16.6. The zero-order valence-electron chi connectivity index (χ0n) is 12.8. The lowest BCUT2D eigenvalue weighted by atomic mass is 10.3. The van der Waals surface area contributed by atoms with Crippen molar-refractivity contribution in [3.05, 3.63) is 51.8 Å². The number of hydrogen-bond donors (Lipinski definition) is 0. The van der Waals surface area contributed by atoms with Crippen molar-refractivity contribution in [3.8, 4) is 0 Å². The number of amides is 1.